The maximum absolute atomic E-state index is 14.1. The fraction of sp³-hybridized carbons (Fsp3) is 0.452. The van der Waals surface area contributed by atoms with E-state index in [1.807, 2.05) is 40.6 Å². The quantitative estimate of drug-likeness (QED) is 0.0125. The van der Waals surface area contributed by atoms with E-state index in [0.29, 0.717) is 36.2 Å². The molecule has 1 aliphatic heterocycles. The molecule has 1 fully saturated rings. The van der Waals surface area contributed by atoms with Crippen LogP contribution >= 0.6 is 30.3 Å². The van der Waals surface area contributed by atoms with Crippen LogP contribution in [0.25, 0.3) is 10.4 Å². The minimum absolute atomic E-state index is 0.0593. The number of benzene rings is 1. The largest absolute Gasteiger partial charge is 0.458 e. The molecule has 1 aromatic heterocycles. The van der Waals surface area contributed by atoms with Gasteiger partial charge in [-0.05, 0) is 98.3 Å². The summed E-state index contributed by atoms with van der Waals surface area (Å²) in [6.07, 6.45) is 28.6. The van der Waals surface area contributed by atoms with E-state index in [0.717, 1.165) is 43.1 Å². The number of aliphatic hydroxyl groups is 2. The molecule has 1 saturated heterocycles. The maximum atomic E-state index is 14.1. The van der Waals surface area contributed by atoms with Crippen molar-refractivity contribution < 1.29 is 33.4 Å². The van der Waals surface area contributed by atoms with E-state index in [-0.39, 0.29) is 18.2 Å². The molecular formula is C42H58IN8O8P. The van der Waals surface area contributed by atoms with Gasteiger partial charge < -0.3 is 29.7 Å². The fourth-order valence-electron chi connectivity index (χ4n) is 5.60. The van der Waals surface area contributed by atoms with Crippen LogP contribution in [-0.4, -0.2) is 88.3 Å². The van der Waals surface area contributed by atoms with Crippen molar-refractivity contribution in [3.8, 4) is 5.75 Å². The van der Waals surface area contributed by atoms with Gasteiger partial charge in [0.15, 0.2) is 6.23 Å². The predicted octanol–water partition coefficient (Wildman–Crippen LogP) is 7.42. The van der Waals surface area contributed by atoms with E-state index in [9.17, 15) is 29.9 Å². The number of para-hydroxylation sites is 1. The molecule has 326 valence electrons. The van der Waals surface area contributed by atoms with Gasteiger partial charge in [0, 0.05) is 43.7 Å². The fourth-order valence-corrected chi connectivity index (χ4v) is 7.31. The molecule has 0 aliphatic carbocycles. The Kier molecular flexibility index (Phi) is 23.7. The minimum Gasteiger partial charge on any atom is -0.413 e. The van der Waals surface area contributed by atoms with Crippen LogP contribution in [0.1, 0.15) is 64.5 Å². The van der Waals surface area contributed by atoms with Gasteiger partial charge in [0.1, 0.15) is 21.7 Å². The molecule has 0 saturated carbocycles. The lowest BCUT2D eigenvalue weighted by Gasteiger charge is -2.29. The van der Waals surface area contributed by atoms with Gasteiger partial charge in [0.2, 0.25) is 11.6 Å². The van der Waals surface area contributed by atoms with Crippen molar-refractivity contribution in [2.75, 3.05) is 39.8 Å². The summed E-state index contributed by atoms with van der Waals surface area (Å²) in [7, 11) is -2.42. The third kappa shape index (κ3) is 18.6. The molecule has 1 unspecified atom stereocenters. The topological polar surface area (TPSA) is 213 Å². The van der Waals surface area contributed by atoms with E-state index in [2.05, 4.69) is 99.2 Å². The Labute approximate surface area is 366 Å². The second-order valence-electron chi connectivity index (χ2n) is 13.6. The first kappa shape index (κ1) is 50.2. The summed E-state index contributed by atoms with van der Waals surface area (Å²) in [6.45, 7) is 2.69. The third-order valence-electron chi connectivity index (χ3n) is 8.85. The van der Waals surface area contributed by atoms with E-state index in [4.69, 9.17) is 13.8 Å². The van der Waals surface area contributed by atoms with Crippen LogP contribution in [0.3, 0.4) is 0 Å². The number of ether oxygens (including phenoxy) is 1. The number of likely N-dealkylation sites (N-methyl/N-ethyl adjacent to an activating group) is 1. The van der Waals surface area contributed by atoms with Gasteiger partial charge in [-0.25, -0.2) is 14.4 Å². The van der Waals surface area contributed by atoms with Crippen LogP contribution in [0, 0.1) is 3.70 Å². The molecule has 1 aliphatic rings. The second-order valence-corrected chi connectivity index (χ2v) is 16.5. The van der Waals surface area contributed by atoms with Gasteiger partial charge in [-0.2, -0.15) is 4.98 Å². The summed E-state index contributed by atoms with van der Waals surface area (Å²) >= 11 is 1.84. The Morgan fingerprint density at radius 1 is 0.983 bits per heavy atom. The SMILES string of the molecule is CC/C=C\C/C=C\C/C=C\C/C=C\C/C=C\C/C=C\CCC(=O)NCCN(C)CCNP(=O)(OC[C@@]1(N=[N+]=[N-])O[C@@H](n2ccc(I)nc2=O)[C@H](O)[C@@H]1O)Oc1ccccc1. The van der Waals surface area contributed by atoms with Crippen LogP contribution in [-0.2, 0) is 18.6 Å². The summed E-state index contributed by atoms with van der Waals surface area (Å²) < 4.78 is 32.6. The number of aromatic nitrogens is 2. The summed E-state index contributed by atoms with van der Waals surface area (Å²) in [5, 5.41) is 31.1. The van der Waals surface area contributed by atoms with Crippen molar-refractivity contribution >= 4 is 36.2 Å². The lowest BCUT2D eigenvalue weighted by atomic mass is 10.1. The normalized spacial score (nSPS) is 20.7. The number of azide groups is 1. The van der Waals surface area contributed by atoms with Gasteiger partial charge in [-0.1, -0.05) is 103 Å². The Morgan fingerprint density at radius 3 is 2.15 bits per heavy atom. The minimum atomic E-state index is -4.25. The number of carbonyl (C=O) groups excluding carboxylic acids is 1. The molecule has 1 amide bonds. The molecular weight excluding hydrogens is 902 g/mol. The first-order valence-electron chi connectivity index (χ1n) is 20.0. The van der Waals surface area contributed by atoms with Gasteiger partial charge >= 0.3 is 13.4 Å². The van der Waals surface area contributed by atoms with Gasteiger partial charge in [0.05, 0.1) is 6.61 Å². The number of amides is 1. The molecule has 4 N–H and O–H groups in total. The maximum Gasteiger partial charge on any atom is 0.458 e. The van der Waals surface area contributed by atoms with Crippen LogP contribution in [0.5, 0.6) is 5.75 Å². The molecule has 0 radical (unpaired) electrons. The smallest absolute Gasteiger partial charge is 0.413 e. The average molecular weight is 961 g/mol. The zero-order valence-corrected chi connectivity index (χ0v) is 37.3. The number of hydrogen-bond acceptors (Lipinski definition) is 11. The Hall–Kier alpha value is -4.16. The molecule has 16 nitrogen and oxygen atoms in total. The summed E-state index contributed by atoms with van der Waals surface area (Å²) in [4.78, 5) is 33.4. The average Bonchev–Trinajstić information content (AvgIpc) is 3.46. The van der Waals surface area contributed by atoms with Crippen molar-refractivity contribution in [2.45, 2.75) is 82.5 Å². The highest BCUT2D eigenvalue weighted by atomic mass is 127. The lowest BCUT2D eigenvalue weighted by Crippen LogP contribution is -2.45. The van der Waals surface area contributed by atoms with Crippen molar-refractivity contribution in [1.82, 2.24) is 24.9 Å². The summed E-state index contributed by atoms with van der Waals surface area (Å²) in [5.41, 5.74) is 6.29. The summed E-state index contributed by atoms with van der Waals surface area (Å²) in [5.74, 6) is 0.143. The molecule has 1 aromatic carbocycles. The number of halogens is 1. The predicted molar refractivity (Wildman–Crippen MR) is 242 cm³/mol. The van der Waals surface area contributed by atoms with E-state index in [1.165, 1.54) is 12.3 Å². The van der Waals surface area contributed by atoms with Gasteiger partial charge in [-0.15, -0.1) is 0 Å². The van der Waals surface area contributed by atoms with Crippen LogP contribution in [0.4, 0.5) is 0 Å². The van der Waals surface area contributed by atoms with E-state index >= 15 is 0 Å². The van der Waals surface area contributed by atoms with Crippen molar-refractivity contribution in [3.63, 3.8) is 0 Å². The number of hydrogen-bond donors (Lipinski definition) is 4. The number of nitrogens with one attached hydrogen (secondary N) is 2. The molecule has 18 heteroatoms. The van der Waals surface area contributed by atoms with Crippen molar-refractivity contribution in [3.05, 3.63) is 140 Å². The van der Waals surface area contributed by atoms with E-state index in [1.54, 1.807) is 30.3 Å². The lowest BCUT2D eigenvalue weighted by molar-refractivity contribution is -0.121. The highest BCUT2D eigenvalue weighted by molar-refractivity contribution is 14.1. The van der Waals surface area contributed by atoms with Crippen LogP contribution in [0.15, 0.2) is 125 Å². The first-order chi connectivity index (χ1) is 29.0. The number of allylic oxidation sites excluding steroid dienone is 12. The Morgan fingerprint density at radius 2 is 1.57 bits per heavy atom. The van der Waals surface area contributed by atoms with Gasteiger partial charge in [0.25, 0.3) is 0 Å². The first-order valence-corrected chi connectivity index (χ1v) is 22.6. The van der Waals surface area contributed by atoms with Crippen LogP contribution in [0.2, 0.25) is 0 Å². The second kappa shape index (κ2) is 28.4. The molecule has 0 bridgehead atoms. The monoisotopic (exact) mass is 960 g/mol. The van der Waals surface area contributed by atoms with E-state index < -0.39 is 44.2 Å². The summed E-state index contributed by atoms with van der Waals surface area (Å²) in [6, 6.07) is 9.70. The number of aliphatic hydroxyl groups excluding tert-OH is 2. The molecule has 2 heterocycles. The molecule has 3 rings (SSSR count). The molecule has 0 spiro atoms. The standard InChI is InChI=1S/C42H58IN8O8P/c1-3-4-5-6-7-8-9-10-11-12-13-14-15-16-17-18-19-20-24-27-37(52)45-29-32-50(2)33-30-46-60(56,59-35-25-22-21-23-26-35)57-34-42(48-49-44)39(54)38(53)40(58-42)51-31-28-36(43)47-41(51)55/h4-5,7-8,10-11,13-14,16-17,19-23,25-26,28,31,38-40,53-54H,3,6,9,12,15,18,24,27,29-30,32-34H2,1-2H3,(H,45,52)(H,46,56)/b5-4-,8-7-,11-10-,14-13-,17-16-,20-19-/t38-,39+,40-,42-,60?/m1/s1. The molecule has 5 atom stereocenters. The zero-order valence-electron chi connectivity index (χ0n) is 34.2. The Bertz CT molecular complexity index is 1940. The van der Waals surface area contributed by atoms with Crippen molar-refractivity contribution in [1.29, 1.82) is 0 Å². The van der Waals surface area contributed by atoms with Crippen LogP contribution < -0.4 is 20.6 Å². The number of carbonyl (C=O) groups is 1. The molecule has 2 aromatic rings. The molecule has 60 heavy (non-hydrogen) atoms. The van der Waals surface area contributed by atoms with Gasteiger partial charge in [-0.3, -0.25) is 13.9 Å². The Balaban J connectivity index is 1.38. The third-order valence-corrected chi connectivity index (χ3v) is 11.0. The van der Waals surface area contributed by atoms with Crippen molar-refractivity contribution in [2.24, 2.45) is 5.11 Å². The zero-order chi connectivity index (χ0) is 43.5. The highest BCUT2D eigenvalue weighted by Crippen LogP contribution is 2.47. The number of nitrogens with zero attached hydrogens (tertiary/aromatic N) is 6. The highest BCUT2D eigenvalue weighted by Gasteiger charge is 2.56. The number of rotatable bonds is 28.